The fourth-order valence-corrected chi connectivity index (χ4v) is 7.01. The monoisotopic (exact) mass is 593 g/mol. The first-order chi connectivity index (χ1) is 19.6. The molecule has 1 N–H and O–H groups in total. The highest BCUT2D eigenvalue weighted by Crippen LogP contribution is 2.50. The first-order valence-corrected chi connectivity index (χ1v) is 14.9. The fourth-order valence-electron chi connectivity index (χ4n) is 6.50. The Kier molecular flexibility index (Phi) is 8.65. The molecule has 2 aliphatic rings. The van der Waals surface area contributed by atoms with E-state index in [1.54, 1.807) is 12.1 Å². The summed E-state index contributed by atoms with van der Waals surface area (Å²) >= 11 is 12.7. The molecule has 2 atom stereocenters. The number of likely N-dealkylation sites (N-methyl/N-ethyl adjacent to an activating group) is 1. The maximum absolute atomic E-state index is 14.9. The number of rotatable bonds is 6. The second-order valence-electron chi connectivity index (χ2n) is 11.4. The van der Waals surface area contributed by atoms with E-state index in [1.807, 2.05) is 72.2 Å². The van der Waals surface area contributed by atoms with Crippen molar-refractivity contribution in [2.75, 3.05) is 39.8 Å². The maximum Gasteiger partial charge on any atom is 0.235 e. The van der Waals surface area contributed by atoms with E-state index in [0.717, 1.165) is 29.8 Å². The fraction of sp³-hybridized carbons (Fsp3) is 0.394. The minimum absolute atomic E-state index is 0.00111. The summed E-state index contributed by atoms with van der Waals surface area (Å²) in [5, 5.41) is 11.8. The van der Waals surface area contributed by atoms with Gasteiger partial charge >= 0.3 is 0 Å². The quantitative estimate of drug-likeness (QED) is 0.384. The minimum Gasteiger partial charge on any atom is -0.507 e. The van der Waals surface area contributed by atoms with Gasteiger partial charge in [0.25, 0.3) is 0 Å². The van der Waals surface area contributed by atoms with Crippen LogP contribution in [0.5, 0.6) is 5.75 Å². The lowest BCUT2D eigenvalue weighted by molar-refractivity contribution is -0.152. The van der Waals surface area contributed by atoms with Crippen LogP contribution in [0.3, 0.4) is 0 Å². The summed E-state index contributed by atoms with van der Waals surface area (Å²) in [5.74, 6) is 0.277. The van der Waals surface area contributed by atoms with Crippen LogP contribution in [0, 0.1) is 13.8 Å². The maximum atomic E-state index is 14.9. The lowest BCUT2D eigenvalue weighted by Crippen LogP contribution is -2.61. The number of halogens is 2. The van der Waals surface area contributed by atoms with Gasteiger partial charge in [0.15, 0.2) is 0 Å². The van der Waals surface area contributed by atoms with Crippen molar-refractivity contribution in [2.24, 2.45) is 0 Å². The van der Waals surface area contributed by atoms with Gasteiger partial charge in [0.1, 0.15) is 5.75 Å². The van der Waals surface area contributed by atoms with Crippen LogP contribution < -0.4 is 0 Å². The summed E-state index contributed by atoms with van der Waals surface area (Å²) in [6.07, 6.45) is 1.18. The molecule has 2 unspecified atom stereocenters. The van der Waals surface area contributed by atoms with Gasteiger partial charge in [-0.3, -0.25) is 9.59 Å². The molecule has 0 aromatic heterocycles. The van der Waals surface area contributed by atoms with Gasteiger partial charge in [0.2, 0.25) is 11.8 Å². The topological polar surface area (TPSA) is 64.1 Å². The van der Waals surface area contributed by atoms with E-state index in [9.17, 15) is 14.7 Å². The minimum atomic E-state index is -0.995. The van der Waals surface area contributed by atoms with Crippen molar-refractivity contribution in [3.63, 3.8) is 0 Å². The number of hydrogen-bond acceptors (Lipinski definition) is 4. The van der Waals surface area contributed by atoms with Gasteiger partial charge in [-0.15, -0.1) is 0 Å². The van der Waals surface area contributed by atoms with Crippen molar-refractivity contribution in [1.29, 1.82) is 0 Å². The third-order valence-corrected chi connectivity index (χ3v) is 9.35. The van der Waals surface area contributed by atoms with E-state index >= 15 is 0 Å². The van der Waals surface area contributed by atoms with Crippen LogP contribution in [-0.2, 0) is 21.4 Å². The zero-order chi connectivity index (χ0) is 29.3. The van der Waals surface area contributed by atoms with E-state index in [2.05, 4.69) is 11.9 Å². The Bertz CT molecular complexity index is 1420. The smallest absolute Gasteiger partial charge is 0.235 e. The van der Waals surface area contributed by atoms with E-state index < -0.39 is 11.5 Å². The Morgan fingerprint density at radius 2 is 1.63 bits per heavy atom. The molecule has 0 bridgehead atoms. The van der Waals surface area contributed by atoms with Crippen molar-refractivity contribution >= 4 is 35.0 Å². The summed E-state index contributed by atoms with van der Waals surface area (Å²) in [7, 11) is 2.07. The van der Waals surface area contributed by atoms with Crippen LogP contribution in [0.25, 0.3) is 0 Å². The molecule has 2 amide bonds. The highest BCUT2D eigenvalue weighted by atomic mass is 35.5. The number of phenolic OH excluding ortho intramolecular Hbond substituents is 1. The number of nitrogens with zero attached hydrogens (tertiary/aromatic N) is 3. The molecule has 2 fully saturated rings. The zero-order valence-corrected chi connectivity index (χ0v) is 25.4. The summed E-state index contributed by atoms with van der Waals surface area (Å²) in [5.41, 5.74) is 3.08. The Labute approximate surface area is 252 Å². The van der Waals surface area contributed by atoms with Gasteiger partial charge in [0.05, 0.1) is 11.5 Å². The van der Waals surface area contributed by atoms with Crippen molar-refractivity contribution < 1.29 is 14.7 Å². The van der Waals surface area contributed by atoms with Crippen LogP contribution in [0.15, 0.2) is 60.7 Å². The summed E-state index contributed by atoms with van der Waals surface area (Å²) in [6.45, 7) is 6.99. The summed E-state index contributed by atoms with van der Waals surface area (Å²) in [4.78, 5) is 34.8. The molecule has 0 spiro atoms. The van der Waals surface area contributed by atoms with Crippen LogP contribution in [0.1, 0.15) is 46.7 Å². The molecule has 0 radical (unpaired) electrons. The van der Waals surface area contributed by atoms with Crippen LogP contribution in [0.4, 0.5) is 0 Å². The Morgan fingerprint density at radius 1 is 0.976 bits per heavy atom. The number of likely N-dealkylation sites (tertiary alicyclic amines) is 1. The van der Waals surface area contributed by atoms with E-state index in [4.69, 9.17) is 23.2 Å². The van der Waals surface area contributed by atoms with Crippen molar-refractivity contribution in [1.82, 2.24) is 14.7 Å². The highest BCUT2D eigenvalue weighted by Gasteiger charge is 2.55. The van der Waals surface area contributed by atoms with E-state index in [-0.39, 0.29) is 24.0 Å². The van der Waals surface area contributed by atoms with E-state index in [0.29, 0.717) is 53.6 Å². The standard InChI is InChI=1S/C33H37Cl2N3O3/c1-22-19-25(20-23(2)30(22)40)31-33(26-7-5-4-6-8-26,32(41)37-17-15-36(3)16-18-37)13-11-29(39)38(31)14-12-24-9-10-27(34)21-28(24)35/h4-10,19-21,31,40H,11-18H2,1-3H3. The van der Waals surface area contributed by atoms with Crippen molar-refractivity contribution in [3.8, 4) is 5.75 Å². The van der Waals surface area contributed by atoms with Gasteiger partial charge < -0.3 is 19.8 Å². The molecule has 41 heavy (non-hydrogen) atoms. The first kappa shape index (κ1) is 29.4. The number of amides is 2. The molecule has 0 aliphatic carbocycles. The number of phenols is 1. The SMILES string of the molecule is Cc1cc(C2N(CCc3ccc(Cl)cc3Cl)C(=O)CCC2(C(=O)N2CCN(C)CC2)c2ccccc2)cc(C)c1O. The zero-order valence-electron chi connectivity index (χ0n) is 23.9. The predicted molar refractivity (Wildman–Crippen MR) is 164 cm³/mol. The largest absolute Gasteiger partial charge is 0.507 e. The molecule has 2 aliphatic heterocycles. The molecular formula is C33H37Cl2N3O3. The third-order valence-electron chi connectivity index (χ3n) is 8.76. The average molecular weight is 595 g/mol. The average Bonchev–Trinajstić information content (AvgIpc) is 2.96. The number of aryl methyl sites for hydroxylation is 2. The van der Waals surface area contributed by atoms with Crippen LogP contribution >= 0.6 is 23.2 Å². The molecule has 2 heterocycles. The number of carbonyl (C=O) groups excluding carboxylic acids is 2. The summed E-state index contributed by atoms with van der Waals surface area (Å²) < 4.78 is 0. The molecule has 0 saturated carbocycles. The lowest BCUT2D eigenvalue weighted by atomic mass is 9.64. The second-order valence-corrected chi connectivity index (χ2v) is 12.3. The van der Waals surface area contributed by atoms with Gasteiger partial charge in [-0.1, -0.05) is 71.7 Å². The Morgan fingerprint density at radius 3 is 2.27 bits per heavy atom. The second kappa shape index (κ2) is 12.0. The van der Waals surface area contributed by atoms with Gasteiger partial charge in [0, 0.05) is 49.2 Å². The van der Waals surface area contributed by atoms with Crippen LogP contribution in [-0.4, -0.2) is 71.4 Å². The predicted octanol–water partition coefficient (Wildman–Crippen LogP) is 5.93. The number of piperazine rings is 1. The number of aromatic hydroxyl groups is 1. The molecular weight excluding hydrogens is 557 g/mol. The van der Waals surface area contributed by atoms with Gasteiger partial charge in [-0.25, -0.2) is 0 Å². The molecule has 8 heteroatoms. The molecule has 3 aromatic rings. The number of piperidine rings is 1. The normalized spacial score (nSPS) is 21.8. The molecule has 2 saturated heterocycles. The first-order valence-electron chi connectivity index (χ1n) is 14.2. The molecule has 3 aromatic carbocycles. The Balaban J connectivity index is 1.67. The molecule has 6 nitrogen and oxygen atoms in total. The molecule has 216 valence electrons. The van der Waals surface area contributed by atoms with E-state index in [1.165, 1.54) is 0 Å². The lowest BCUT2D eigenvalue weighted by Gasteiger charge is -2.51. The number of benzene rings is 3. The Hall–Kier alpha value is -3.06. The van der Waals surface area contributed by atoms with Crippen molar-refractivity contribution in [3.05, 3.63) is 98.5 Å². The van der Waals surface area contributed by atoms with Gasteiger partial charge in [-0.05, 0) is 73.7 Å². The number of carbonyl (C=O) groups is 2. The molecule has 5 rings (SSSR count). The van der Waals surface area contributed by atoms with Crippen molar-refractivity contribution in [2.45, 2.75) is 44.6 Å². The third kappa shape index (κ3) is 5.70. The number of hydrogen-bond donors (Lipinski definition) is 1. The van der Waals surface area contributed by atoms with Crippen LogP contribution in [0.2, 0.25) is 10.0 Å². The highest BCUT2D eigenvalue weighted by molar-refractivity contribution is 6.35. The summed E-state index contributed by atoms with van der Waals surface area (Å²) in [6, 6.07) is 18.6. The van der Waals surface area contributed by atoms with Gasteiger partial charge in [-0.2, -0.15) is 0 Å².